The Kier molecular flexibility index (Phi) is 5.67. The average molecular weight is 371 g/mol. The van der Waals surface area contributed by atoms with Crippen molar-refractivity contribution in [2.24, 2.45) is 5.92 Å². The Morgan fingerprint density at radius 2 is 2.05 bits per heavy atom. The van der Waals surface area contributed by atoms with E-state index in [9.17, 15) is 4.79 Å². The van der Waals surface area contributed by atoms with Crippen molar-refractivity contribution < 1.29 is 4.79 Å². The molecule has 1 aromatic rings. The molecule has 2 nitrogen and oxygen atoms in total. The molecule has 1 fully saturated rings. The fraction of sp³-hybridized carbons (Fsp3) is 0.562. The number of halogens is 1. The standard InChI is InChI=1S/C16H22INO/c1-12-14(17)8-5-9-15(12)18-16(19)11-10-13-6-3-2-4-7-13/h5,8-9,13H,2-4,6-7,10-11H2,1H3,(H,18,19). The Morgan fingerprint density at radius 3 is 2.79 bits per heavy atom. The van der Waals surface area contributed by atoms with Crippen LogP contribution in [0.15, 0.2) is 18.2 Å². The van der Waals surface area contributed by atoms with Crippen molar-refractivity contribution in [3.63, 3.8) is 0 Å². The highest BCUT2D eigenvalue weighted by atomic mass is 127. The Labute approximate surface area is 129 Å². The molecular formula is C16H22INO. The maximum Gasteiger partial charge on any atom is 0.224 e. The first-order chi connectivity index (χ1) is 9.16. The van der Waals surface area contributed by atoms with Crippen LogP contribution in [0.4, 0.5) is 5.69 Å². The quantitative estimate of drug-likeness (QED) is 0.750. The molecule has 0 radical (unpaired) electrons. The van der Waals surface area contributed by atoms with Crippen molar-refractivity contribution in [2.45, 2.75) is 51.9 Å². The van der Waals surface area contributed by atoms with Crippen LogP contribution in [0.5, 0.6) is 0 Å². The van der Waals surface area contributed by atoms with Gasteiger partial charge >= 0.3 is 0 Å². The SMILES string of the molecule is Cc1c(I)cccc1NC(=O)CCC1CCCCC1. The number of nitrogens with one attached hydrogen (secondary N) is 1. The van der Waals surface area contributed by atoms with E-state index in [4.69, 9.17) is 0 Å². The third-order valence-electron chi connectivity index (χ3n) is 4.05. The molecule has 0 bridgehead atoms. The summed E-state index contributed by atoms with van der Waals surface area (Å²) in [6.07, 6.45) is 8.42. The van der Waals surface area contributed by atoms with Gasteiger partial charge in [0.2, 0.25) is 5.91 Å². The summed E-state index contributed by atoms with van der Waals surface area (Å²) in [7, 11) is 0. The minimum Gasteiger partial charge on any atom is -0.326 e. The number of carbonyl (C=O) groups is 1. The Hall–Kier alpha value is -0.580. The van der Waals surface area contributed by atoms with Gasteiger partial charge in [-0.2, -0.15) is 0 Å². The summed E-state index contributed by atoms with van der Waals surface area (Å²) in [5.74, 6) is 0.937. The number of hydrogen-bond acceptors (Lipinski definition) is 1. The summed E-state index contributed by atoms with van der Waals surface area (Å²) in [4.78, 5) is 12.0. The molecule has 2 rings (SSSR count). The number of rotatable bonds is 4. The fourth-order valence-corrected chi connectivity index (χ4v) is 3.26. The van der Waals surface area contributed by atoms with Gasteiger partial charge in [0, 0.05) is 15.7 Å². The molecule has 1 aliphatic rings. The minimum absolute atomic E-state index is 0.163. The van der Waals surface area contributed by atoms with Crippen LogP contribution in [0, 0.1) is 16.4 Å². The molecule has 0 aliphatic heterocycles. The van der Waals surface area contributed by atoms with E-state index >= 15 is 0 Å². The van der Waals surface area contributed by atoms with Crippen LogP contribution in [0.3, 0.4) is 0 Å². The molecule has 1 N–H and O–H groups in total. The van der Waals surface area contributed by atoms with E-state index in [0.717, 1.165) is 23.6 Å². The Balaban J connectivity index is 1.82. The topological polar surface area (TPSA) is 29.1 Å². The first-order valence-corrected chi connectivity index (χ1v) is 8.29. The van der Waals surface area contributed by atoms with Crippen LogP contribution < -0.4 is 5.32 Å². The molecule has 0 spiro atoms. The molecule has 1 amide bonds. The van der Waals surface area contributed by atoms with Crippen LogP contribution in [-0.4, -0.2) is 5.91 Å². The molecular weight excluding hydrogens is 349 g/mol. The van der Waals surface area contributed by atoms with Crippen LogP contribution in [0.1, 0.15) is 50.5 Å². The molecule has 104 valence electrons. The second-order valence-electron chi connectivity index (χ2n) is 5.50. The van der Waals surface area contributed by atoms with Gasteiger partial charge in [0.05, 0.1) is 0 Å². The van der Waals surface area contributed by atoms with Crippen molar-refractivity contribution in [1.29, 1.82) is 0 Å². The lowest BCUT2D eigenvalue weighted by Crippen LogP contribution is -2.15. The maximum atomic E-state index is 12.0. The van der Waals surface area contributed by atoms with E-state index in [0.29, 0.717) is 6.42 Å². The zero-order valence-corrected chi connectivity index (χ0v) is 13.7. The minimum atomic E-state index is 0.163. The van der Waals surface area contributed by atoms with Gasteiger partial charge in [-0.1, -0.05) is 38.2 Å². The van der Waals surface area contributed by atoms with Crippen LogP contribution in [0.25, 0.3) is 0 Å². The van der Waals surface area contributed by atoms with Crippen LogP contribution in [0.2, 0.25) is 0 Å². The van der Waals surface area contributed by atoms with Gasteiger partial charge in [-0.25, -0.2) is 0 Å². The van der Waals surface area contributed by atoms with Gasteiger partial charge in [-0.15, -0.1) is 0 Å². The molecule has 0 saturated heterocycles. The molecule has 1 saturated carbocycles. The highest BCUT2D eigenvalue weighted by molar-refractivity contribution is 14.1. The van der Waals surface area contributed by atoms with Gasteiger partial charge in [0.25, 0.3) is 0 Å². The van der Waals surface area contributed by atoms with Crippen molar-refractivity contribution in [2.75, 3.05) is 5.32 Å². The molecule has 0 heterocycles. The molecule has 0 unspecified atom stereocenters. The van der Waals surface area contributed by atoms with Gasteiger partial charge in [0.15, 0.2) is 0 Å². The molecule has 0 atom stereocenters. The summed E-state index contributed by atoms with van der Waals surface area (Å²) < 4.78 is 1.20. The van der Waals surface area contributed by atoms with E-state index < -0.39 is 0 Å². The summed E-state index contributed by atoms with van der Waals surface area (Å²) in [5, 5.41) is 3.05. The third kappa shape index (κ3) is 4.48. The lowest BCUT2D eigenvalue weighted by atomic mass is 9.86. The van der Waals surface area contributed by atoms with Crippen molar-refractivity contribution in [3.8, 4) is 0 Å². The number of amides is 1. The van der Waals surface area contributed by atoms with Crippen LogP contribution in [-0.2, 0) is 4.79 Å². The van der Waals surface area contributed by atoms with E-state index in [-0.39, 0.29) is 5.91 Å². The first-order valence-electron chi connectivity index (χ1n) is 7.22. The first kappa shape index (κ1) is 14.8. The summed E-state index contributed by atoms with van der Waals surface area (Å²) in [5.41, 5.74) is 2.12. The summed E-state index contributed by atoms with van der Waals surface area (Å²) in [6.45, 7) is 2.05. The second-order valence-corrected chi connectivity index (χ2v) is 6.67. The molecule has 1 aliphatic carbocycles. The monoisotopic (exact) mass is 371 g/mol. The van der Waals surface area contributed by atoms with E-state index in [1.54, 1.807) is 0 Å². The fourth-order valence-electron chi connectivity index (χ4n) is 2.77. The molecule has 1 aromatic carbocycles. The largest absolute Gasteiger partial charge is 0.326 e. The Bertz CT molecular complexity index is 438. The lowest BCUT2D eigenvalue weighted by Gasteiger charge is -2.21. The number of anilines is 1. The normalized spacial score (nSPS) is 16.3. The number of carbonyl (C=O) groups excluding carboxylic acids is 1. The van der Waals surface area contributed by atoms with Gasteiger partial charge in [-0.05, 0) is 59.5 Å². The smallest absolute Gasteiger partial charge is 0.224 e. The predicted molar refractivity (Wildman–Crippen MR) is 88.3 cm³/mol. The Morgan fingerprint density at radius 1 is 1.32 bits per heavy atom. The average Bonchev–Trinajstić information content (AvgIpc) is 2.43. The van der Waals surface area contributed by atoms with Crippen LogP contribution >= 0.6 is 22.6 Å². The predicted octanol–water partition coefficient (Wildman–Crippen LogP) is 4.90. The van der Waals surface area contributed by atoms with E-state index in [1.165, 1.54) is 35.7 Å². The second kappa shape index (κ2) is 7.27. The van der Waals surface area contributed by atoms with Gasteiger partial charge in [-0.3, -0.25) is 4.79 Å². The van der Waals surface area contributed by atoms with Crippen molar-refractivity contribution in [3.05, 3.63) is 27.3 Å². The highest BCUT2D eigenvalue weighted by Gasteiger charge is 2.15. The van der Waals surface area contributed by atoms with Gasteiger partial charge < -0.3 is 5.32 Å². The maximum absolute atomic E-state index is 12.0. The van der Waals surface area contributed by atoms with E-state index in [1.807, 2.05) is 12.1 Å². The van der Waals surface area contributed by atoms with Gasteiger partial charge in [0.1, 0.15) is 0 Å². The number of benzene rings is 1. The number of hydrogen-bond donors (Lipinski definition) is 1. The van der Waals surface area contributed by atoms with E-state index in [2.05, 4.69) is 40.9 Å². The summed E-state index contributed by atoms with van der Waals surface area (Å²) >= 11 is 2.30. The zero-order chi connectivity index (χ0) is 13.7. The molecule has 3 heteroatoms. The summed E-state index contributed by atoms with van der Waals surface area (Å²) in [6, 6.07) is 6.04. The van der Waals surface area contributed by atoms with Crippen molar-refractivity contribution >= 4 is 34.2 Å². The highest BCUT2D eigenvalue weighted by Crippen LogP contribution is 2.27. The molecule has 19 heavy (non-hydrogen) atoms. The zero-order valence-electron chi connectivity index (χ0n) is 11.5. The third-order valence-corrected chi connectivity index (χ3v) is 5.21. The van der Waals surface area contributed by atoms with Crippen molar-refractivity contribution in [1.82, 2.24) is 0 Å². The molecule has 0 aromatic heterocycles. The lowest BCUT2D eigenvalue weighted by molar-refractivity contribution is -0.116.